The maximum atomic E-state index is 13.4. The van der Waals surface area contributed by atoms with Crippen molar-refractivity contribution in [3.05, 3.63) is 29.6 Å². The molecule has 0 saturated carbocycles. The zero-order valence-electron chi connectivity index (χ0n) is 27.9. The number of aldehydes is 1. The van der Waals surface area contributed by atoms with Gasteiger partial charge in [0, 0.05) is 38.7 Å². The number of rotatable bonds is 14. The third-order valence-corrected chi connectivity index (χ3v) is 6.52. The zero-order chi connectivity index (χ0) is 32.7. The first-order chi connectivity index (χ1) is 19.7. The Kier molecular flexibility index (Phi) is 23.0. The third kappa shape index (κ3) is 20.7. The summed E-state index contributed by atoms with van der Waals surface area (Å²) in [5.41, 5.74) is 0.627. The van der Waals surface area contributed by atoms with E-state index in [1.807, 2.05) is 27.7 Å². The number of carbonyl (C=O) groups is 3. The number of hydrogen-bond acceptors (Lipinski definition) is 5. The minimum atomic E-state index is -0.540. The van der Waals surface area contributed by atoms with E-state index in [2.05, 4.69) is 44.2 Å². The molecule has 0 radical (unpaired) electrons. The number of anilines is 1. The minimum Gasteiger partial charge on any atom is -0.444 e. The van der Waals surface area contributed by atoms with Gasteiger partial charge in [-0.15, -0.1) is 12.3 Å². The van der Waals surface area contributed by atoms with Gasteiger partial charge < -0.3 is 25.1 Å². The fraction of sp³-hybridized carbons (Fsp3) is 0.676. The molecule has 1 aromatic carbocycles. The van der Waals surface area contributed by atoms with Gasteiger partial charge in [-0.2, -0.15) is 0 Å². The molecule has 0 aliphatic carbocycles. The second-order valence-electron chi connectivity index (χ2n) is 11.7. The number of terminal acetylenes is 1. The smallest absolute Gasteiger partial charge is 0.410 e. The van der Waals surface area contributed by atoms with Crippen molar-refractivity contribution in [3.63, 3.8) is 0 Å². The van der Waals surface area contributed by atoms with Crippen molar-refractivity contribution >= 4 is 24.0 Å². The first-order valence-electron chi connectivity index (χ1n) is 15.3. The molecule has 240 valence electrons. The van der Waals surface area contributed by atoms with Crippen LogP contribution in [0.1, 0.15) is 106 Å². The number of nitrogens with zero attached hydrogens (tertiary/aromatic N) is 1. The Morgan fingerprint density at radius 3 is 2.14 bits per heavy atom. The summed E-state index contributed by atoms with van der Waals surface area (Å²) in [4.78, 5) is 35.3. The van der Waals surface area contributed by atoms with Crippen LogP contribution >= 0.6 is 0 Å². The number of amides is 2. The SMILES string of the molecule is C#CCCN(CCC)C(=O)OC(C)(C)C.CCC(C)CC(C)CC.CNC(=O)C(CCC=O)Nc1ccc(C)c(F)c1. The van der Waals surface area contributed by atoms with Gasteiger partial charge in [0.2, 0.25) is 5.91 Å². The maximum absolute atomic E-state index is 13.4. The molecule has 42 heavy (non-hydrogen) atoms. The van der Waals surface area contributed by atoms with E-state index >= 15 is 0 Å². The van der Waals surface area contributed by atoms with Crippen molar-refractivity contribution in [1.29, 1.82) is 0 Å². The summed E-state index contributed by atoms with van der Waals surface area (Å²) in [5.74, 6) is 3.83. The standard InChI is InChI=1S/C13H17FN2O2.C12H21NO2.C9H20/c1-9-5-6-10(8-11(9)14)16-12(4-3-7-17)13(18)15-2;1-6-8-10-13(9-7-2)11(14)15-12(3,4)5;1-5-8(3)7-9(4)6-2/h5-8,12,16H,3-4H2,1-2H3,(H,15,18);1H,7-10H2,2-5H3;8-9H,5-7H2,1-4H3. The van der Waals surface area contributed by atoms with Gasteiger partial charge in [-0.3, -0.25) is 4.79 Å². The highest BCUT2D eigenvalue weighted by Crippen LogP contribution is 2.17. The number of ether oxygens (including phenoxy) is 1. The number of hydrogen-bond donors (Lipinski definition) is 2. The molecule has 1 aromatic rings. The van der Waals surface area contributed by atoms with Crippen LogP contribution in [0.5, 0.6) is 0 Å². The summed E-state index contributed by atoms with van der Waals surface area (Å²) >= 11 is 0. The van der Waals surface area contributed by atoms with Gasteiger partial charge in [0.15, 0.2) is 0 Å². The molecule has 0 aliphatic rings. The second kappa shape index (κ2) is 23.5. The molecule has 3 unspecified atom stereocenters. The van der Waals surface area contributed by atoms with Gasteiger partial charge in [-0.1, -0.05) is 53.5 Å². The fourth-order valence-corrected chi connectivity index (χ4v) is 3.67. The van der Waals surface area contributed by atoms with Crippen molar-refractivity contribution < 1.29 is 23.5 Å². The molecule has 3 atom stereocenters. The lowest BCUT2D eigenvalue weighted by Gasteiger charge is -2.26. The van der Waals surface area contributed by atoms with E-state index in [0.29, 0.717) is 37.2 Å². The number of likely N-dealkylation sites (N-methyl/N-ethyl adjacent to an activating group) is 1. The highest BCUT2D eigenvalue weighted by atomic mass is 19.1. The fourth-order valence-electron chi connectivity index (χ4n) is 3.67. The normalized spacial score (nSPS) is 12.5. The number of aryl methyl sites for hydroxylation is 1. The van der Waals surface area contributed by atoms with Crippen molar-refractivity contribution in [1.82, 2.24) is 10.2 Å². The van der Waals surface area contributed by atoms with Gasteiger partial charge in [-0.25, -0.2) is 9.18 Å². The van der Waals surface area contributed by atoms with E-state index in [1.165, 1.54) is 32.4 Å². The first-order valence-corrected chi connectivity index (χ1v) is 15.3. The van der Waals surface area contributed by atoms with Crippen molar-refractivity contribution in [2.45, 2.75) is 119 Å². The lowest BCUT2D eigenvalue weighted by Crippen LogP contribution is -2.37. The predicted octanol–water partition coefficient (Wildman–Crippen LogP) is 7.77. The molecular weight excluding hydrogens is 533 g/mol. The topological polar surface area (TPSA) is 87.7 Å². The van der Waals surface area contributed by atoms with E-state index in [1.54, 1.807) is 24.0 Å². The lowest BCUT2D eigenvalue weighted by atomic mass is 9.94. The van der Waals surface area contributed by atoms with E-state index in [9.17, 15) is 18.8 Å². The van der Waals surface area contributed by atoms with Gasteiger partial charge in [-0.05, 0) is 76.5 Å². The number of carbonyl (C=O) groups excluding carboxylic acids is 3. The summed E-state index contributed by atoms with van der Waals surface area (Å²) in [6.07, 6.45) is 11.9. The summed E-state index contributed by atoms with van der Waals surface area (Å²) in [6, 6.07) is 4.14. The summed E-state index contributed by atoms with van der Waals surface area (Å²) in [5, 5.41) is 5.43. The Bertz CT molecular complexity index is 932. The van der Waals surface area contributed by atoms with Gasteiger partial charge in [0.05, 0.1) is 0 Å². The molecule has 0 saturated heterocycles. The molecule has 8 heteroatoms. The largest absolute Gasteiger partial charge is 0.444 e. The van der Waals surface area contributed by atoms with Crippen LogP contribution in [0.2, 0.25) is 0 Å². The second-order valence-corrected chi connectivity index (χ2v) is 11.7. The average Bonchev–Trinajstić information content (AvgIpc) is 2.94. The summed E-state index contributed by atoms with van der Waals surface area (Å²) in [7, 11) is 1.52. The number of benzene rings is 1. The molecule has 0 aliphatic heterocycles. The van der Waals surface area contributed by atoms with E-state index in [-0.39, 0.29) is 24.2 Å². The summed E-state index contributed by atoms with van der Waals surface area (Å²) in [6.45, 7) is 19.7. The first kappa shape index (κ1) is 41.1. The van der Waals surface area contributed by atoms with Crippen LogP contribution in [-0.2, 0) is 14.3 Å². The van der Waals surface area contributed by atoms with Crippen molar-refractivity contribution in [2.75, 3.05) is 25.5 Å². The third-order valence-electron chi connectivity index (χ3n) is 6.52. The molecular formula is C34H58FN3O4. The van der Waals surface area contributed by atoms with Crippen LogP contribution in [0.15, 0.2) is 18.2 Å². The molecule has 0 spiro atoms. The van der Waals surface area contributed by atoms with Crippen LogP contribution in [0.3, 0.4) is 0 Å². The van der Waals surface area contributed by atoms with E-state index in [0.717, 1.165) is 24.5 Å². The lowest BCUT2D eigenvalue weighted by molar-refractivity contribution is -0.121. The van der Waals surface area contributed by atoms with Gasteiger partial charge in [0.1, 0.15) is 23.7 Å². The van der Waals surface area contributed by atoms with Crippen molar-refractivity contribution in [3.8, 4) is 12.3 Å². The zero-order valence-corrected chi connectivity index (χ0v) is 27.9. The molecule has 1 rings (SSSR count). The Hall–Kier alpha value is -3.08. The monoisotopic (exact) mass is 591 g/mol. The van der Waals surface area contributed by atoms with E-state index in [4.69, 9.17) is 11.2 Å². The quantitative estimate of drug-likeness (QED) is 0.170. The molecule has 0 aromatic heterocycles. The summed E-state index contributed by atoms with van der Waals surface area (Å²) < 4.78 is 18.6. The number of halogens is 1. The van der Waals surface area contributed by atoms with Gasteiger partial charge >= 0.3 is 6.09 Å². The van der Waals surface area contributed by atoms with Gasteiger partial charge in [0.25, 0.3) is 0 Å². The van der Waals surface area contributed by atoms with Crippen molar-refractivity contribution in [2.24, 2.45) is 11.8 Å². The Morgan fingerprint density at radius 2 is 1.71 bits per heavy atom. The minimum absolute atomic E-state index is 0.224. The highest BCUT2D eigenvalue weighted by Gasteiger charge is 2.21. The van der Waals surface area contributed by atoms with Crippen LogP contribution < -0.4 is 10.6 Å². The molecule has 0 heterocycles. The molecule has 0 fully saturated rings. The Morgan fingerprint density at radius 1 is 1.12 bits per heavy atom. The molecule has 2 N–H and O–H groups in total. The van der Waals surface area contributed by atoms with Crippen LogP contribution in [0.25, 0.3) is 0 Å². The van der Waals surface area contributed by atoms with E-state index < -0.39 is 11.6 Å². The highest BCUT2D eigenvalue weighted by molar-refractivity contribution is 5.84. The van der Waals surface area contributed by atoms with Crippen LogP contribution in [0, 0.1) is 36.9 Å². The average molecular weight is 592 g/mol. The molecule has 2 amide bonds. The van der Waals surface area contributed by atoms with Crippen LogP contribution in [0.4, 0.5) is 14.9 Å². The number of nitrogens with one attached hydrogen (secondary N) is 2. The molecule has 0 bridgehead atoms. The maximum Gasteiger partial charge on any atom is 0.410 e. The Balaban J connectivity index is 0. The Labute approximate surface area is 255 Å². The van der Waals surface area contributed by atoms with Crippen LogP contribution in [-0.4, -0.2) is 55.0 Å². The predicted molar refractivity (Wildman–Crippen MR) is 173 cm³/mol. The molecule has 7 nitrogen and oxygen atoms in total.